The molecule has 1 heterocycles. The first kappa shape index (κ1) is 13.6. The molecule has 0 unspecified atom stereocenters. The predicted octanol–water partition coefficient (Wildman–Crippen LogP) is 1.91. The molecule has 0 saturated heterocycles. The monoisotopic (exact) mass is 279 g/mol. The Hall–Kier alpha value is -2.81. The molecule has 104 valence electrons. The van der Waals surface area contributed by atoms with Gasteiger partial charge < -0.3 is 4.74 Å². The molecule has 1 aromatic heterocycles. The number of halogens is 1. The number of nitrogens with zero attached hydrogens (tertiary/aromatic N) is 3. The fourth-order valence-electron chi connectivity index (χ4n) is 1.41. The van der Waals surface area contributed by atoms with Gasteiger partial charge in [0, 0.05) is 23.9 Å². The highest BCUT2D eigenvalue weighted by molar-refractivity contribution is 5.41. The van der Waals surface area contributed by atoms with E-state index < -0.39 is 16.4 Å². The lowest BCUT2D eigenvalue weighted by atomic mass is 10.3. The Bertz CT molecular complexity index is 665. The van der Waals surface area contributed by atoms with Crippen molar-refractivity contribution in [1.29, 1.82) is 0 Å². The number of nitro benzene ring substituents is 1. The van der Waals surface area contributed by atoms with E-state index in [0.717, 1.165) is 12.1 Å². The lowest BCUT2D eigenvalue weighted by Crippen LogP contribution is -2.11. The van der Waals surface area contributed by atoms with Gasteiger partial charge in [0.15, 0.2) is 0 Å². The van der Waals surface area contributed by atoms with Crippen molar-refractivity contribution in [2.45, 2.75) is 6.92 Å². The Morgan fingerprint density at radius 2 is 2.25 bits per heavy atom. The number of benzene rings is 1. The number of anilines is 1. The molecule has 0 radical (unpaired) electrons. The Balaban J connectivity index is 2.30. The lowest BCUT2D eigenvalue weighted by Gasteiger charge is -2.08. The molecule has 1 aromatic carbocycles. The summed E-state index contributed by atoms with van der Waals surface area (Å²) in [6, 6.07) is 3.21. The molecule has 3 N–H and O–H groups in total. The van der Waals surface area contributed by atoms with E-state index in [1.165, 1.54) is 12.3 Å². The zero-order valence-electron chi connectivity index (χ0n) is 10.3. The van der Waals surface area contributed by atoms with Gasteiger partial charge in [-0.2, -0.15) is 9.37 Å². The van der Waals surface area contributed by atoms with E-state index in [0.29, 0.717) is 5.56 Å². The fourth-order valence-corrected chi connectivity index (χ4v) is 1.41. The molecular weight excluding hydrogens is 269 g/mol. The molecule has 0 fully saturated rings. The highest BCUT2D eigenvalue weighted by atomic mass is 19.1. The van der Waals surface area contributed by atoms with Crippen LogP contribution >= 0.6 is 0 Å². The molecule has 0 spiro atoms. The third-order valence-corrected chi connectivity index (χ3v) is 2.38. The smallest absolute Gasteiger partial charge is 0.305 e. The third kappa shape index (κ3) is 2.78. The topological polar surface area (TPSA) is 116 Å². The summed E-state index contributed by atoms with van der Waals surface area (Å²) in [4.78, 5) is 17.5. The van der Waals surface area contributed by atoms with E-state index in [-0.39, 0.29) is 17.6 Å². The highest BCUT2D eigenvalue weighted by Gasteiger charge is 2.15. The first-order valence-electron chi connectivity index (χ1n) is 5.43. The van der Waals surface area contributed by atoms with Crippen LogP contribution in [0.5, 0.6) is 11.6 Å². The quantitative estimate of drug-likeness (QED) is 0.498. The fraction of sp³-hybridized carbons (Fsp3) is 0.0909. The van der Waals surface area contributed by atoms with Crippen molar-refractivity contribution in [2.75, 3.05) is 5.43 Å². The highest BCUT2D eigenvalue weighted by Crippen LogP contribution is 2.27. The largest absolute Gasteiger partial charge is 0.438 e. The molecule has 2 aromatic rings. The van der Waals surface area contributed by atoms with E-state index in [1.54, 1.807) is 6.92 Å². The van der Waals surface area contributed by atoms with Gasteiger partial charge in [-0.25, -0.2) is 10.8 Å². The van der Waals surface area contributed by atoms with Gasteiger partial charge in [0.2, 0.25) is 17.6 Å². The van der Waals surface area contributed by atoms with Crippen LogP contribution in [0.1, 0.15) is 5.56 Å². The van der Waals surface area contributed by atoms with E-state index in [2.05, 4.69) is 15.4 Å². The van der Waals surface area contributed by atoms with Gasteiger partial charge in [0.25, 0.3) is 0 Å². The normalized spacial score (nSPS) is 10.2. The second kappa shape index (κ2) is 5.45. The summed E-state index contributed by atoms with van der Waals surface area (Å²) < 4.78 is 18.8. The van der Waals surface area contributed by atoms with Gasteiger partial charge in [-0.15, -0.1) is 0 Å². The lowest BCUT2D eigenvalue weighted by molar-refractivity contribution is -0.387. The SMILES string of the molecule is Cc1cnc(NN)nc1Oc1ccc([N+](=O)[O-])c(F)c1. The first-order valence-corrected chi connectivity index (χ1v) is 5.43. The second-order valence-corrected chi connectivity index (χ2v) is 3.80. The summed E-state index contributed by atoms with van der Waals surface area (Å²) >= 11 is 0. The van der Waals surface area contributed by atoms with Crippen LogP contribution in [0, 0.1) is 22.9 Å². The van der Waals surface area contributed by atoms with Gasteiger partial charge in [-0.05, 0) is 13.0 Å². The minimum Gasteiger partial charge on any atom is -0.438 e. The average molecular weight is 279 g/mol. The number of aryl methyl sites for hydroxylation is 1. The molecule has 0 atom stereocenters. The van der Waals surface area contributed by atoms with Crippen molar-refractivity contribution in [1.82, 2.24) is 9.97 Å². The maximum Gasteiger partial charge on any atom is 0.305 e. The number of aromatic nitrogens is 2. The summed E-state index contributed by atoms with van der Waals surface area (Å²) in [5.74, 6) is 4.57. The van der Waals surface area contributed by atoms with Crippen LogP contribution in [0.15, 0.2) is 24.4 Å². The van der Waals surface area contributed by atoms with Crippen molar-refractivity contribution in [2.24, 2.45) is 5.84 Å². The minimum absolute atomic E-state index is 0.0814. The molecule has 0 aliphatic carbocycles. The molecule has 0 aliphatic heterocycles. The minimum atomic E-state index is -0.989. The number of nitrogens with two attached hydrogens (primary N) is 1. The van der Waals surface area contributed by atoms with E-state index >= 15 is 0 Å². The van der Waals surface area contributed by atoms with E-state index in [9.17, 15) is 14.5 Å². The average Bonchev–Trinajstić information content (AvgIpc) is 2.41. The zero-order valence-corrected chi connectivity index (χ0v) is 10.3. The Morgan fingerprint density at radius 1 is 1.50 bits per heavy atom. The van der Waals surface area contributed by atoms with E-state index in [4.69, 9.17) is 10.6 Å². The summed E-state index contributed by atoms with van der Waals surface area (Å²) in [5.41, 5.74) is 2.23. The Labute approximate surface area is 112 Å². The number of ether oxygens (including phenoxy) is 1. The molecule has 8 nitrogen and oxygen atoms in total. The van der Waals surface area contributed by atoms with Crippen LogP contribution in [0.2, 0.25) is 0 Å². The van der Waals surface area contributed by atoms with Crippen LogP contribution in [-0.2, 0) is 0 Å². The van der Waals surface area contributed by atoms with Crippen LogP contribution < -0.4 is 16.0 Å². The maximum atomic E-state index is 13.5. The number of nitrogens with one attached hydrogen (secondary N) is 1. The number of rotatable bonds is 4. The van der Waals surface area contributed by atoms with Crippen molar-refractivity contribution >= 4 is 11.6 Å². The molecule has 2 rings (SSSR count). The van der Waals surface area contributed by atoms with Crippen LogP contribution in [0.3, 0.4) is 0 Å². The van der Waals surface area contributed by atoms with Crippen molar-refractivity contribution < 1.29 is 14.1 Å². The maximum absolute atomic E-state index is 13.5. The third-order valence-electron chi connectivity index (χ3n) is 2.38. The van der Waals surface area contributed by atoms with Gasteiger partial charge in [-0.3, -0.25) is 15.5 Å². The second-order valence-electron chi connectivity index (χ2n) is 3.80. The molecule has 0 bridgehead atoms. The summed E-state index contributed by atoms with van der Waals surface area (Å²) in [6.07, 6.45) is 1.47. The van der Waals surface area contributed by atoms with Crippen LogP contribution in [-0.4, -0.2) is 14.9 Å². The van der Waals surface area contributed by atoms with Crippen LogP contribution in [0.25, 0.3) is 0 Å². The summed E-state index contributed by atoms with van der Waals surface area (Å²) in [7, 11) is 0. The number of hydrogen-bond donors (Lipinski definition) is 2. The van der Waals surface area contributed by atoms with Gasteiger partial charge in [-0.1, -0.05) is 0 Å². The van der Waals surface area contributed by atoms with Crippen molar-refractivity contribution in [3.8, 4) is 11.6 Å². The van der Waals surface area contributed by atoms with E-state index in [1.807, 2.05) is 0 Å². The molecule has 0 amide bonds. The zero-order chi connectivity index (χ0) is 14.7. The number of hydrogen-bond acceptors (Lipinski definition) is 7. The molecule has 9 heteroatoms. The summed E-state index contributed by atoms with van der Waals surface area (Å²) in [6.45, 7) is 1.69. The summed E-state index contributed by atoms with van der Waals surface area (Å²) in [5, 5.41) is 10.5. The number of nitro groups is 1. The molecule has 0 saturated carbocycles. The number of hydrazine groups is 1. The van der Waals surface area contributed by atoms with Gasteiger partial charge in [0.05, 0.1) is 4.92 Å². The standard InChI is InChI=1S/C11H10FN5O3/c1-6-5-14-11(16-13)15-10(6)20-7-2-3-9(17(18)19)8(12)4-7/h2-5H,13H2,1H3,(H,14,15,16). The predicted molar refractivity (Wildman–Crippen MR) is 67.7 cm³/mol. The molecule has 20 heavy (non-hydrogen) atoms. The van der Waals surface area contributed by atoms with Gasteiger partial charge >= 0.3 is 5.69 Å². The van der Waals surface area contributed by atoms with Gasteiger partial charge in [0.1, 0.15) is 5.75 Å². The van der Waals surface area contributed by atoms with Crippen molar-refractivity contribution in [3.63, 3.8) is 0 Å². The number of nitrogen functional groups attached to an aromatic ring is 1. The van der Waals surface area contributed by atoms with Crippen molar-refractivity contribution in [3.05, 3.63) is 45.9 Å². The molecular formula is C11H10FN5O3. The van der Waals surface area contributed by atoms with Crippen LogP contribution in [0.4, 0.5) is 16.0 Å². The first-order chi connectivity index (χ1) is 9.51. The Kier molecular flexibility index (Phi) is 3.71. The Morgan fingerprint density at radius 3 is 2.85 bits per heavy atom. The molecule has 0 aliphatic rings.